The standard InChI is InChI=1S/C19H28N2O2/c1-13-8-9-16(14(2)11-13)20-17(22)15-7-6-10-21(12-15)18(23)19(3,4)5/h8-9,11,15H,6-7,10,12H2,1-5H3,(H,20,22)/t15-/m0/s1. The van der Waals surface area contributed by atoms with Crippen LogP contribution in [0.15, 0.2) is 18.2 Å². The summed E-state index contributed by atoms with van der Waals surface area (Å²) in [6.45, 7) is 11.1. The third-order valence-electron chi connectivity index (χ3n) is 4.36. The van der Waals surface area contributed by atoms with E-state index >= 15 is 0 Å². The third kappa shape index (κ3) is 4.34. The van der Waals surface area contributed by atoms with Gasteiger partial charge in [-0.2, -0.15) is 0 Å². The van der Waals surface area contributed by atoms with Crippen molar-refractivity contribution in [3.05, 3.63) is 29.3 Å². The number of hydrogen-bond donors (Lipinski definition) is 1. The Hall–Kier alpha value is -1.84. The van der Waals surface area contributed by atoms with Gasteiger partial charge in [-0.25, -0.2) is 0 Å². The zero-order chi connectivity index (χ0) is 17.2. The molecule has 0 unspecified atom stereocenters. The van der Waals surface area contributed by atoms with Crippen LogP contribution in [0.5, 0.6) is 0 Å². The fourth-order valence-corrected chi connectivity index (χ4v) is 3.04. The number of aryl methyl sites for hydroxylation is 2. The molecule has 1 atom stereocenters. The van der Waals surface area contributed by atoms with Gasteiger partial charge in [-0.1, -0.05) is 38.5 Å². The first-order valence-corrected chi connectivity index (χ1v) is 8.36. The average molecular weight is 316 g/mol. The van der Waals surface area contributed by atoms with Crippen LogP contribution in [-0.4, -0.2) is 29.8 Å². The topological polar surface area (TPSA) is 49.4 Å². The molecule has 2 amide bonds. The molecule has 0 radical (unpaired) electrons. The van der Waals surface area contributed by atoms with Gasteiger partial charge in [-0.3, -0.25) is 9.59 Å². The minimum Gasteiger partial charge on any atom is -0.341 e. The van der Waals surface area contributed by atoms with E-state index in [1.807, 2.05) is 51.7 Å². The zero-order valence-corrected chi connectivity index (χ0v) is 14.9. The smallest absolute Gasteiger partial charge is 0.229 e. The lowest BCUT2D eigenvalue weighted by molar-refractivity contribution is -0.142. The molecule has 1 saturated heterocycles. The summed E-state index contributed by atoms with van der Waals surface area (Å²) in [6, 6.07) is 6.01. The van der Waals surface area contributed by atoms with Gasteiger partial charge in [0.2, 0.25) is 11.8 Å². The molecule has 1 aromatic rings. The lowest BCUT2D eigenvalue weighted by Gasteiger charge is -2.36. The van der Waals surface area contributed by atoms with Gasteiger partial charge >= 0.3 is 0 Å². The lowest BCUT2D eigenvalue weighted by Crippen LogP contribution is -2.47. The molecule has 126 valence electrons. The maximum atomic E-state index is 12.6. The van der Waals surface area contributed by atoms with Gasteiger partial charge in [0.25, 0.3) is 0 Å². The Kier molecular flexibility index (Phi) is 5.12. The largest absolute Gasteiger partial charge is 0.341 e. The number of carbonyl (C=O) groups excluding carboxylic acids is 2. The first-order chi connectivity index (χ1) is 10.7. The van der Waals surface area contributed by atoms with Crippen molar-refractivity contribution in [2.45, 2.75) is 47.5 Å². The van der Waals surface area contributed by atoms with Crippen molar-refractivity contribution in [2.24, 2.45) is 11.3 Å². The predicted molar refractivity (Wildman–Crippen MR) is 93.3 cm³/mol. The Morgan fingerprint density at radius 2 is 1.91 bits per heavy atom. The molecule has 0 aromatic heterocycles. The normalized spacial score (nSPS) is 18.7. The second-order valence-electron chi connectivity index (χ2n) is 7.65. The van der Waals surface area contributed by atoms with E-state index in [1.54, 1.807) is 0 Å². The Bertz CT molecular complexity index is 602. The van der Waals surface area contributed by atoms with E-state index in [0.29, 0.717) is 6.54 Å². The Morgan fingerprint density at radius 1 is 1.22 bits per heavy atom. The number of anilines is 1. The van der Waals surface area contributed by atoms with Crippen LogP contribution in [0.25, 0.3) is 0 Å². The summed E-state index contributed by atoms with van der Waals surface area (Å²) in [5.74, 6) is 0.0145. The third-order valence-corrected chi connectivity index (χ3v) is 4.36. The quantitative estimate of drug-likeness (QED) is 0.907. The highest BCUT2D eigenvalue weighted by Crippen LogP contribution is 2.25. The van der Waals surface area contributed by atoms with Crippen molar-refractivity contribution in [3.63, 3.8) is 0 Å². The molecule has 1 aliphatic heterocycles. The van der Waals surface area contributed by atoms with Crippen molar-refractivity contribution >= 4 is 17.5 Å². The van der Waals surface area contributed by atoms with E-state index in [9.17, 15) is 9.59 Å². The molecular formula is C19H28N2O2. The van der Waals surface area contributed by atoms with Crippen LogP contribution in [0.1, 0.15) is 44.7 Å². The van der Waals surface area contributed by atoms with Crippen molar-refractivity contribution < 1.29 is 9.59 Å². The lowest BCUT2D eigenvalue weighted by atomic mass is 9.91. The highest BCUT2D eigenvalue weighted by molar-refractivity contribution is 5.94. The number of hydrogen-bond acceptors (Lipinski definition) is 2. The van der Waals surface area contributed by atoms with E-state index < -0.39 is 5.41 Å². The number of nitrogens with zero attached hydrogens (tertiary/aromatic N) is 1. The van der Waals surface area contributed by atoms with Crippen molar-refractivity contribution in [1.29, 1.82) is 0 Å². The number of carbonyl (C=O) groups is 2. The van der Waals surface area contributed by atoms with Gasteiger partial charge in [-0.15, -0.1) is 0 Å². The molecule has 0 spiro atoms. The van der Waals surface area contributed by atoms with Crippen molar-refractivity contribution in [1.82, 2.24) is 4.90 Å². The van der Waals surface area contributed by atoms with Gasteiger partial charge in [0.1, 0.15) is 0 Å². The molecule has 1 N–H and O–H groups in total. The highest BCUT2D eigenvalue weighted by atomic mass is 16.2. The number of benzene rings is 1. The van der Waals surface area contributed by atoms with E-state index in [2.05, 4.69) is 11.4 Å². The molecule has 1 aliphatic rings. The van der Waals surface area contributed by atoms with Gasteiger partial charge < -0.3 is 10.2 Å². The number of rotatable bonds is 2. The minimum absolute atomic E-state index is 0.0170. The molecule has 1 fully saturated rings. The predicted octanol–water partition coefficient (Wildman–Crippen LogP) is 3.53. The summed E-state index contributed by atoms with van der Waals surface area (Å²) in [6.07, 6.45) is 1.72. The SMILES string of the molecule is Cc1ccc(NC(=O)[C@H]2CCCN(C(=O)C(C)(C)C)C2)c(C)c1. The monoisotopic (exact) mass is 316 g/mol. The van der Waals surface area contributed by atoms with Crippen LogP contribution < -0.4 is 5.32 Å². The van der Waals surface area contributed by atoms with Crippen molar-refractivity contribution in [2.75, 3.05) is 18.4 Å². The molecule has 4 nitrogen and oxygen atoms in total. The molecule has 1 aromatic carbocycles. The van der Waals surface area contributed by atoms with E-state index in [1.165, 1.54) is 5.56 Å². The van der Waals surface area contributed by atoms with E-state index in [4.69, 9.17) is 0 Å². The van der Waals surface area contributed by atoms with Crippen LogP contribution in [-0.2, 0) is 9.59 Å². The summed E-state index contributed by atoms with van der Waals surface area (Å²) in [4.78, 5) is 26.8. The number of piperidine rings is 1. The number of nitrogens with one attached hydrogen (secondary N) is 1. The van der Waals surface area contributed by atoms with Crippen LogP contribution >= 0.6 is 0 Å². The maximum Gasteiger partial charge on any atom is 0.229 e. The molecule has 0 bridgehead atoms. The van der Waals surface area contributed by atoms with Crippen molar-refractivity contribution in [3.8, 4) is 0 Å². The second kappa shape index (κ2) is 6.73. The fraction of sp³-hybridized carbons (Fsp3) is 0.579. The molecule has 0 aliphatic carbocycles. The van der Waals surface area contributed by atoms with Gasteiger partial charge in [0, 0.05) is 24.2 Å². The maximum absolute atomic E-state index is 12.6. The molecule has 4 heteroatoms. The first-order valence-electron chi connectivity index (χ1n) is 8.36. The molecule has 2 rings (SSSR count). The van der Waals surface area contributed by atoms with Crippen LogP contribution in [0, 0.1) is 25.2 Å². The first kappa shape index (κ1) is 17.5. The Labute approximate surface area is 139 Å². The van der Waals surface area contributed by atoms with E-state index in [0.717, 1.165) is 30.6 Å². The molecule has 23 heavy (non-hydrogen) atoms. The molecule has 0 saturated carbocycles. The highest BCUT2D eigenvalue weighted by Gasteiger charge is 2.33. The summed E-state index contributed by atoms with van der Waals surface area (Å²) < 4.78 is 0. The molecule has 1 heterocycles. The van der Waals surface area contributed by atoms with Crippen LogP contribution in [0.4, 0.5) is 5.69 Å². The fourth-order valence-electron chi connectivity index (χ4n) is 3.04. The number of amides is 2. The van der Waals surface area contributed by atoms with Crippen LogP contribution in [0.3, 0.4) is 0 Å². The number of likely N-dealkylation sites (tertiary alicyclic amines) is 1. The van der Waals surface area contributed by atoms with Gasteiger partial charge in [-0.05, 0) is 38.3 Å². The summed E-state index contributed by atoms with van der Waals surface area (Å²) in [5, 5.41) is 3.03. The Balaban J connectivity index is 2.03. The minimum atomic E-state index is -0.397. The summed E-state index contributed by atoms with van der Waals surface area (Å²) in [7, 11) is 0. The van der Waals surface area contributed by atoms with Crippen LogP contribution in [0.2, 0.25) is 0 Å². The Morgan fingerprint density at radius 3 is 2.52 bits per heavy atom. The summed E-state index contributed by atoms with van der Waals surface area (Å²) >= 11 is 0. The van der Waals surface area contributed by atoms with Gasteiger partial charge in [0.05, 0.1) is 5.92 Å². The average Bonchev–Trinajstić information content (AvgIpc) is 2.48. The second-order valence-corrected chi connectivity index (χ2v) is 7.65. The molecular weight excluding hydrogens is 288 g/mol. The summed E-state index contributed by atoms with van der Waals surface area (Å²) in [5.41, 5.74) is 2.71. The van der Waals surface area contributed by atoms with E-state index in [-0.39, 0.29) is 17.7 Å². The van der Waals surface area contributed by atoms with Gasteiger partial charge in [0.15, 0.2) is 0 Å². The zero-order valence-electron chi connectivity index (χ0n) is 14.9.